The standard InChI is InChI=1S/C22H24BrNO6/c1-13(2)22(28)30-17-6-4-14(5-7-17)8-18(20(26)12-29-3)24-11-15-9-16(23)10-19(25)21(15)27/h4-7,9-11,13,18,25,27H,8,12H2,1-3H3. The van der Waals surface area contributed by atoms with Gasteiger partial charge in [0.25, 0.3) is 0 Å². The molecule has 0 radical (unpaired) electrons. The van der Waals surface area contributed by atoms with Gasteiger partial charge in [0.1, 0.15) is 18.4 Å². The number of phenols is 2. The number of hydrogen-bond donors (Lipinski definition) is 2. The highest BCUT2D eigenvalue weighted by Gasteiger charge is 2.18. The van der Waals surface area contributed by atoms with Gasteiger partial charge in [-0.25, -0.2) is 0 Å². The van der Waals surface area contributed by atoms with Crippen LogP contribution in [0.2, 0.25) is 0 Å². The van der Waals surface area contributed by atoms with Crippen LogP contribution in [0.3, 0.4) is 0 Å². The molecule has 0 heterocycles. The van der Waals surface area contributed by atoms with E-state index >= 15 is 0 Å². The van der Waals surface area contributed by atoms with E-state index in [-0.39, 0.29) is 47.8 Å². The number of Topliss-reactive ketones (excluding diaryl/α,β-unsaturated/α-hetero) is 1. The minimum atomic E-state index is -0.755. The van der Waals surface area contributed by atoms with Gasteiger partial charge in [-0.05, 0) is 29.8 Å². The van der Waals surface area contributed by atoms with Crippen LogP contribution >= 0.6 is 15.9 Å². The monoisotopic (exact) mass is 477 g/mol. The first-order chi connectivity index (χ1) is 14.2. The Morgan fingerprint density at radius 2 is 1.83 bits per heavy atom. The van der Waals surface area contributed by atoms with E-state index in [4.69, 9.17) is 9.47 Å². The van der Waals surface area contributed by atoms with E-state index in [0.29, 0.717) is 10.2 Å². The number of esters is 1. The Morgan fingerprint density at radius 3 is 2.43 bits per heavy atom. The van der Waals surface area contributed by atoms with Crippen molar-refractivity contribution >= 4 is 33.9 Å². The smallest absolute Gasteiger partial charge is 0.313 e. The molecular formula is C22H24BrNO6. The van der Waals surface area contributed by atoms with E-state index in [1.165, 1.54) is 19.4 Å². The number of halogens is 1. The van der Waals surface area contributed by atoms with Crippen LogP contribution in [0.5, 0.6) is 17.2 Å². The minimum Gasteiger partial charge on any atom is -0.504 e. The molecule has 2 N–H and O–H groups in total. The molecule has 0 saturated carbocycles. The second-order valence-electron chi connectivity index (χ2n) is 6.98. The average molecular weight is 478 g/mol. The summed E-state index contributed by atoms with van der Waals surface area (Å²) >= 11 is 3.24. The lowest BCUT2D eigenvalue weighted by Crippen LogP contribution is -2.25. The fraction of sp³-hybridized carbons (Fsp3) is 0.318. The number of rotatable bonds is 9. The topological polar surface area (TPSA) is 105 Å². The van der Waals surface area contributed by atoms with Gasteiger partial charge < -0.3 is 19.7 Å². The van der Waals surface area contributed by atoms with Crippen molar-refractivity contribution in [2.75, 3.05) is 13.7 Å². The molecule has 0 bridgehead atoms. The summed E-state index contributed by atoms with van der Waals surface area (Å²) in [7, 11) is 1.43. The fourth-order valence-electron chi connectivity index (χ4n) is 2.51. The van der Waals surface area contributed by atoms with E-state index in [1.807, 2.05) is 0 Å². The van der Waals surface area contributed by atoms with Crippen molar-refractivity contribution in [1.82, 2.24) is 0 Å². The molecule has 7 nitrogen and oxygen atoms in total. The van der Waals surface area contributed by atoms with Crippen LogP contribution < -0.4 is 4.74 Å². The summed E-state index contributed by atoms with van der Waals surface area (Å²) in [6.07, 6.45) is 1.63. The minimum absolute atomic E-state index is 0.109. The number of benzene rings is 2. The molecule has 0 aliphatic rings. The van der Waals surface area contributed by atoms with Crippen molar-refractivity contribution in [1.29, 1.82) is 0 Å². The number of methoxy groups -OCH3 is 1. The Morgan fingerprint density at radius 1 is 1.17 bits per heavy atom. The SMILES string of the molecule is COCC(=O)C(Cc1ccc(OC(=O)C(C)C)cc1)N=Cc1cc(Br)cc(O)c1O. The molecule has 2 rings (SSSR count). The molecule has 0 aromatic heterocycles. The van der Waals surface area contributed by atoms with E-state index in [2.05, 4.69) is 20.9 Å². The second-order valence-corrected chi connectivity index (χ2v) is 7.90. The van der Waals surface area contributed by atoms with Gasteiger partial charge in [0, 0.05) is 29.8 Å². The van der Waals surface area contributed by atoms with E-state index in [1.54, 1.807) is 44.2 Å². The second kappa shape index (κ2) is 10.9. The Hall–Kier alpha value is -2.71. The molecular weight excluding hydrogens is 454 g/mol. The number of aliphatic imine (C=N–C) groups is 1. The Bertz CT molecular complexity index is 924. The molecule has 2 aromatic carbocycles. The summed E-state index contributed by atoms with van der Waals surface area (Å²) in [5.74, 6) is -0.979. The van der Waals surface area contributed by atoms with Crippen molar-refractivity contribution in [3.63, 3.8) is 0 Å². The van der Waals surface area contributed by atoms with Crippen LogP contribution in [-0.2, 0) is 20.7 Å². The lowest BCUT2D eigenvalue weighted by Gasteiger charge is -2.12. The third-order valence-corrected chi connectivity index (χ3v) is 4.64. The van der Waals surface area contributed by atoms with Gasteiger partial charge >= 0.3 is 5.97 Å². The Kier molecular flexibility index (Phi) is 8.56. The molecule has 0 amide bonds. The van der Waals surface area contributed by atoms with Gasteiger partial charge in [-0.15, -0.1) is 0 Å². The van der Waals surface area contributed by atoms with Gasteiger partial charge in [-0.3, -0.25) is 14.6 Å². The van der Waals surface area contributed by atoms with Crippen LogP contribution in [-0.4, -0.2) is 47.9 Å². The number of ketones is 1. The van der Waals surface area contributed by atoms with Crippen LogP contribution in [0.15, 0.2) is 45.9 Å². The average Bonchev–Trinajstić information content (AvgIpc) is 2.69. The maximum absolute atomic E-state index is 12.4. The van der Waals surface area contributed by atoms with Crippen molar-refractivity contribution in [3.8, 4) is 17.2 Å². The number of carbonyl (C=O) groups excluding carboxylic acids is 2. The summed E-state index contributed by atoms with van der Waals surface area (Å²) in [5, 5.41) is 19.7. The van der Waals surface area contributed by atoms with Crippen molar-refractivity contribution < 1.29 is 29.3 Å². The number of ether oxygens (including phenoxy) is 2. The van der Waals surface area contributed by atoms with Gasteiger partial charge in [0.15, 0.2) is 17.3 Å². The molecule has 0 saturated heterocycles. The number of aromatic hydroxyl groups is 2. The largest absolute Gasteiger partial charge is 0.504 e. The Labute approximate surface area is 183 Å². The molecule has 0 aliphatic heterocycles. The first-order valence-corrected chi connectivity index (χ1v) is 10.1. The molecule has 1 unspecified atom stereocenters. The molecule has 30 heavy (non-hydrogen) atoms. The van der Waals surface area contributed by atoms with E-state index < -0.39 is 6.04 Å². The van der Waals surface area contributed by atoms with Gasteiger partial charge in [-0.1, -0.05) is 41.9 Å². The van der Waals surface area contributed by atoms with Gasteiger partial charge in [-0.2, -0.15) is 0 Å². The molecule has 2 aromatic rings. The van der Waals surface area contributed by atoms with Crippen molar-refractivity contribution in [2.45, 2.75) is 26.3 Å². The number of carbonyl (C=O) groups is 2. The highest BCUT2D eigenvalue weighted by Crippen LogP contribution is 2.31. The van der Waals surface area contributed by atoms with Gasteiger partial charge in [0.05, 0.1) is 5.92 Å². The lowest BCUT2D eigenvalue weighted by molar-refractivity contribution is -0.137. The third kappa shape index (κ3) is 6.67. The fourth-order valence-corrected chi connectivity index (χ4v) is 2.98. The summed E-state index contributed by atoms with van der Waals surface area (Å²) in [6, 6.07) is 9.02. The molecule has 160 valence electrons. The summed E-state index contributed by atoms with van der Waals surface area (Å²) in [5.41, 5.74) is 1.08. The maximum Gasteiger partial charge on any atom is 0.313 e. The number of phenolic OH excluding ortho intramolecular Hbond substituents is 2. The zero-order valence-corrected chi connectivity index (χ0v) is 18.5. The van der Waals surface area contributed by atoms with Crippen LogP contribution in [0.4, 0.5) is 0 Å². The quantitative estimate of drug-likeness (QED) is 0.247. The Balaban J connectivity index is 2.20. The van der Waals surface area contributed by atoms with Crippen LogP contribution in [0.1, 0.15) is 25.0 Å². The summed E-state index contributed by atoms with van der Waals surface area (Å²) in [4.78, 5) is 28.4. The molecule has 8 heteroatoms. The molecule has 1 atom stereocenters. The zero-order chi connectivity index (χ0) is 22.3. The van der Waals surface area contributed by atoms with Gasteiger partial charge in [0.2, 0.25) is 0 Å². The first kappa shape index (κ1) is 23.6. The van der Waals surface area contributed by atoms with Crippen LogP contribution in [0, 0.1) is 5.92 Å². The zero-order valence-electron chi connectivity index (χ0n) is 17.0. The third-order valence-electron chi connectivity index (χ3n) is 4.18. The number of hydrogen-bond acceptors (Lipinski definition) is 7. The van der Waals surface area contributed by atoms with Crippen molar-refractivity contribution in [3.05, 3.63) is 52.0 Å². The highest BCUT2D eigenvalue weighted by molar-refractivity contribution is 9.10. The molecule has 0 aliphatic carbocycles. The van der Waals surface area contributed by atoms with Crippen LogP contribution in [0.25, 0.3) is 0 Å². The molecule has 0 fully saturated rings. The summed E-state index contributed by atoms with van der Waals surface area (Å²) in [6.45, 7) is 3.40. The van der Waals surface area contributed by atoms with E-state index in [9.17, 15) is 19.8 Å². The lowest BCUT2D eigenvalue weighted by atomic mass is 10.0. The van der Waals surface area contributed by atoms with Crippen molar-refractivity contribution in [2.24, 2.45) is 10.9 Å². The first-order valence-electron chi connectivity index (χ1n) is 9.28. The number of nitrogens with zero attached hydrogens (tertiary/aromatic N) is 1. The molecule has 0 spiro atoms. The highest BCUT2D eigenvalue weighted by atomic mass is 79.9. The predicted octanol–water partition coefficient (Wildman–Crippen LogP) is 3.67. The summed E-state index contributed by atoms with van der Waals surface area (Å²) < 4.78 is 10.8. The van der Waals surface area contributed by atoms with E-state index in [0.717, 1.165) is 5.56 Å². The normalized spacial score (nSPS) is 12.3. The maximum atomic E-state index is 12.4. The predicted molar refractivity (Wildman–Crippen MR) is 116 cm³/mol.